The minimum absolute atomic E-state index is 0.0509. The molecule has 2 amide bonds. The van der Waals surface area contributed by atoms with Crippen molar-refractivity contribution in [2.24, 2.45) is 17.4 Å². The second kappa shape index (κ2) is 6.57. The number of rotatable bonds is 5. The molecule has 0 saturated heterocycles. The molecule has 0 spiro atoms. The highest BCUT2D eigenvalue weighted by atomic mass is 19.4. The van der Waals surface area contributed by atoms with Gasteiger partial charge in [0.25, 0.3) is 0 Å². The smallest absolute Gasteiger partial charge is 0.367 e. The Morgan fingerprint density at radius 3 is 2.13 bits per heavy atom. The van der Waals surface area contributed by atoms with E-state index < -0.39 is 41.1 Å². The molecule has 128 valence electrons. The van der Waals surface area contributed by atoms with E-state index in [9.17, 15) is 22.8 Å². The fraction of sp³-hybridized carbons (Fsp3) is 0.467. The zero-order chi connectivity index (χ0) is 18.0. The largest absolute Gasteiger partial charge is 0.416 e. The van der Waals surface area contributed by atoms with E-state index in [1.54, 1.807) is 13.8 Å². The van der Waals surface area contributed by atoms with Crippen LogP contribution in [-0.2, 0) is 21.3 Å². The Labute approximate surface area is 132 Å². The Bertz CT molecular complexity index is 602. The number of hydrogen-bond acceptors (Lipinski definition) is 3. The van der Waals surface area contributed by atoms with Crippen LogP contribution in [0.2, 0.25) is 0 Å². The maximum Gasteiger partial charge on any atom is 0.416 e. The molecule has 3 atom stereocenters. The third-order valence-corrected chi connectivity index (χ3v) is 3.84. The third kappa shape index (κ3) is 4.22. The number of alkyl halides is 3. The van der Waals surface area contributed by atoms with Crippen molar-refractivity contribution in [1.29, 1.82) is 0 Å². The van der Waals surface area contributed by atoms with Gasteiger partial charge in [-0.15, -0.1) is 0 Å². The van der Waals surface area contributed by atoms with Crippen LogP contribution in [0.4, 0.5) is 13.2 Å². The third-order valence-electron chi connectivity index (χ3n) is 3.84. The van der Waals surface area contributed by atoms with E-state index in [4.69, 9.17) is 11.5 Å². The van der Waals surface area contributed by atoms with E-state index in [2.05, 4.69) is 5.32 Å². The predicted octanol–water partition coefficient (Wildman–Crippen LogP) is 1.51. The maximum atomic E-state index is 12.8. The molecule has 0 aromatic heterocycles. The number of amides is 2. The average Bonchev–Trinajstić information content (AvgIpc) is 2.45. The van der Waals surface area contributed by atoms with Gasteiger partial charge >= 0.3 is 6.18 Å². The van der Waals surface area contributed by atoms with Gasteiger partial charge in [0.05, 0.1) is 5.56 Å². The number of nitrogens with one attached hydrogen (secondary N) is 1. The van der Waals surface area contributed by atoms with E-state index in [0.717, 1.165) is 18.2 Å². The monoisotopic (exact) mass is 331 g/mol. The Morgan fingerprint density at radius 1 is 1.17 bits per heavy atom. The lowest BCUT2D eigenvalue weighted by atomic mass is 9.88. The van der Waals surface area contributed by atoms with Crippen molar-refractivity contribution in [2.45, 2.75) is 38.5 Å². The number of halogens is 3. The Morgan fingerprint density at radius 2 is 1.70 bits per heavy atom. The summed E-state index contributed by atoms with van der Waals surface area (Å²) in [5.74, 6) is -2.18. The van der Waals surface area contributed by atoms with Crippen molar-refractivity contribution in [3.05, 3.63) is 35.4 Å². The minimum atomic E-state index is -4.57. The van der Waals surface area contributed by atoms with E-state index in [1.807, 2.05) is 0 Å². The van der Waals surface area contributed by atoms with Crippen LogP contribution in [0, 0.1) is 5.92 Å². The van der Waals surface area contributed by atoms with E-state index in [-0.39, 0.29) is 5.56 Å². The number of carbonyl (C=O) groups excluding carboxylic acids is 2. The maximum absolute atomic E-state index is 12.8. The molecule has 0 aliphatic rings. The van der Waals surface area contributed by atoms with Gasteiger partial charge in [-0.1, -0.05) is 19.1 Å². The molecule has 0 saturated carbocycles. The van der Waals surface area contributed by atoms with Gasteiger partial charge < -0.3 is 16.8 Å². The molecular formula is C15H20F3N3O2. The first-order valence-electron chi connectivity index (χ1n) is 6.95. The van der Waals surface area contributed by atoms with Crippen molar-refractivity contribution in [2.75, 3.05) is 0 Å². The van der Waals surface area contributed by atoms with Crippen molar-refractivity contribution in [1.82, 2.24) is 5.32 Å². The van der Waals surface area contributed by atoms with Gasteiger partial charge in [0.1, 0.15) is 5.54 Å². The number of hydrogen-bond donors (Lipinski definition) is 3. The number of benzene rings is 1. The zero-order valence-electron chi connectivity index (χ0n) is 13.1. The highest BCUT2D eigenvalue weighted by Gasteiger charge is 2.39. The molecule has 3 unspecified atom stereocenters. The molecule has 1 aromatic carbocycles. The summed E-state index contributed by atoms with van der Waals surface area (Å²) in [6.45, 7) is 4.42. The lowest BCUT2D eigenvalue weighted by Gasteiger charge is -2.30. The lowest BCUT2D eigenvalue weighted by Crippen LogP contribution is -2.55. The Kier molecular flexibility index (Phi) is 5.42. The summed E-state index contributed by atoms with van der Waals surface area (Å²) in [4.78, 5) is 23.9. The number of nitrogens with two attached hydrogens (primary N) is 2. The summed E-state index contributed by atoms with van der Waals surface area (Å²) < 4.78 is 38.5. The molecule has 0 bridgehead atoms. The summed E-state index contributed by atoms with van der Waals surface area (Å²) in [6.07, 6.45) is -4.57. The molecule has 5 nitrogen and oxygen atoms in total. The van der Waals surface area contributed by atoms with Gasteiger partial charge in [0.15, 0.2) is 0 Å². The van der Waals surface area contributed by atoms with E-state index in [1.165, 1.54) is 13.0 Å². The fourth-order valence-corrected chi connectivity index (χ4v) is 1.88. The quantitative estimate of drug-likeness (QED) is 0.762. The fourth-order valence-electron chi connectivity index (χ4n) is 1.88. The highest BCUT2D eigenvalue weighted by Crippen LogP contribution is 2.32. The van der Waals surface area contributed by atoms with Gasteiger partial charge in [-0.25, -0.2) is 0 Å². The van der Waals surface area contributed by atoms with Crippen LogP contribution in [0.25, 0.3) is 0 Å². The van der Waals surface area contributed by atoms with Crippen LogP contribution in [0.15, 0.2) is 24.3 Å². The summed E-state index contributed by atoms with van der Waals surface area (Å²) in [6, 6.07) is 3.63. The molecule has 5 N–H and O–H groups in total. The first-order valence-corrected chi connectivity index (χ1v) is 6.95. The molecule has 0 heterocycles. The van der Waals surface area contributed by atoms with Crippen LogP contribution in [0.1, 0.15) is 31.9 Å². The van der Waals surface area contributed by atoms with Crippen LogP contribution in [0.3, 0.4) is 0 Å². The van der Waals surface area contributed by atoms with Gasteiger partial charge in [0.2, 0.25) is 11.8 Å². The Hall–Kier alpha value is -2.09. The molecule has 0 radical (unpaired) electrons. The van der Waals surface area contributed by atoms with E-state index >= 15 is 0 Å². The second-order valence-corrected chi connectivity index (χ2v) is 5.70. The van der Waals surface area contributed by atoms with Crippen LogP contribution in [-0.4, -0.2) is 17.9 Å². The number of primary amides is 1. The minimum Gasteiger partial charge on any atom is -0.367 e. The predicted molar refractivity (Wildman–Crippen MR) is 78.9 cm³/mol. The molecule has 0 aliphatic heterocycles. The van der Waals surface area contributed by atoms with Crippen LogP contribution < -0.4 is 16.8 Å². The van der Waals surface area contributed by atoms with Crippen LogP contribution >= 0.6 is 0 Å². The second-order valence-electron chi connectivity index (χ2n) is 5.70. The molecule has 23 heavy (non-hydrogen) atoms. The van der Waals surface area contributed by atoms with Crippen LogP contribution in [0.5, 0.6) is 0 Å². The summed E-state index contributed by atoms with van der Waals surface area (Å²) in [5.41, 5.74) is 8.19. The number of carbonyl (C=O) groups is 2. The summed E-state index contributed by atoms with van der Waals surface area (Å²) in [5, 5.41) is 2.41. The van der Waals surface area contributed by atoms with Gasteiger partial charge in [0, 0.05) is 12.0 Å². The molecule has 1 rings (SSSR count). The normalized spacial score (nSPS) is 17.0. The van der Waals surface area contributed by atoms with Gasteiger partial charge in [-0.2, -0.15) is 13.2 Å². The van der Waals surface area contributed by atoms with Crippen molar-refractivity contribution < 1.29 is 22.8 Å². The zero-order valence-corrected chi connectivity index (χ0v) is 13.1. The van der Waals surface area contributed by atoms with Crippen molar-refractivity contribution in [3.8, 4) is 0 Å². The van der Waals surface area contributed by atoms with Crippen molar-refractivity contribution >= 4 is 11.8 Å². The van der Waals surface area contributed by atoms with Gasteiger partial charge in [-0.05, 0) is 31.5 Å². The average molecular weight is 331 g/mol. The first-order chi connectivity index (χ1) is 10.4. The topological polar surface area (TPSA) is 98.2 Å². The molecule has 0 fully saturated rings. The summed E-state index contributed by atoms with van der Waals surface area (Å²) in [7, 11) is 0. The molecular weight excluding hydrogens is 311 g/mol. The van der Waals surface area contributed by atoms with Gasteiger partial charge in [-0.3, -0.25) is 9.59 Å². The SMILES string of the molecule is CC(N)C(C)C(=O)NC(C)(C(N)=O)c1cccc(C(F)(F)F)c1. The molecule has 1 aromatic rings. The Balaban J connectivity index is 3.25. The highest BCUT2D eigenvalue weighted by molar-refractivity contribution is 5.92. The molecule has 0 aliphatic carbocycles. The summed E-state index contributed by atoms with van der Waals surface area (Å²) >= 11 is 0. The van der Waals surface area contributed by atoms with E-state index in [0.29, 0.717) is 0 Å². The molecule has 8 heteroatoms. The van der Waals surface area contributed by atoms with Crippen molar-refractivity contribution in [3.63, 3.8) is 0 Å². The standard InChI is InChI=1S/C15H20F3N3O2/c1-8(9(2)19)12(22)21-14(3,13(20)23)10-5-4-6-11(7-10)15(16,17)18/h4-9H,19H2,1-3H3,(H2,20,23)(H,21,22). The lowest BCUT2D eigenvalue weighted by molar-refractivity contribution is -0.138. The first kappa shape index (κ1) is 19.0.